The van der Waals surface area contributed by atoms with Crippen LogP contribution in [0.25, 0.3) is 65.4 Å². The van der Waals surface area contributed by atoms with E-state index in [1.807, 2.05) is 30.6 Å². The van der Waals surface area contributed by atoms with Gasteiger partial charge in [-0.3, -0.25) is 9.97 Å². The molecule has 5 aromatic heterocycles. The molecule has 5 heterocycles. The number of hydrogen-bond donors (Lipinski definition) is 2. The van der Waals surface area contributed by atoms with E-state index in [9.17, 15) is 0 Å². The van der Waals surface area contributed by atoms with Crippen LogP contribution in [-0.4, -0.2) is 29.9 Å². The van der Waals surface area contributed by atoms with E-state index < -0.39 is 0 Å². The summed E-state index contributed by atoms with van der Waals surface area (Å²) in [5, 5.41) is 1.19. The molecule has 0 bridgehead atoms. The van der Waals surface area contributed by atoms with Gasteiger partial charge in [0.1, 0.15) is 11.6 Å². The smallest absolute Gasteiger partial charge is 0.148 e. The zero-order chi connectivity index (χ0) is 21.8. The fourth-order valence-electron chi connectivity index (χ4n) is 4.14. The standard InChI is InChI=1S/C26H16N6S/c1-3-19-21(31-25(29-19)15-5-8-27-9-6-15)11-16(1)17-2-4-20-22(12-17)32-26(30-20)23-13-18-7-10-28-14-24(18)33-23/h1-14H,(H,29,31)(H,30,32). The molecule has 0 unspecified atom stereocenters. The summed E-state index contributed by atoms with van der Waals surface area (Å²) in [6.45, 7) is 0. The fourth-order valence-corrected chi connectivity index (χ4v) is 5.12. The lowest BCUT2D eigenvalue weighted by Crippen LogP contribution is -1.80. The molecule has 0 aliphatic rings. The Balaban J connectivity index is 1.27. The van der Waals surface area contributed by atoms with Crippen LogP contribution in [0.4, 0.5) is 0 Å². The van der Waals surface area contributed by atoms with Crippen molar-refractivity contribution in [2.24, 2.45) is 0 Å². The van der Waals surface area contributed by atoms with Crippen LogP contribution in [0.2, 0.25) is 0 Å². The second-order valence-corrected chi connectivity index (χ2v) is 8.98. The van der Waals surface area contributed by atoms with E-state index in [4.69, 9.17) is 9.97 Å². The van der Waals surface area contributed by atoms with Crippen LogP contribution in [0, 0.1) is 0 Å². The molecule has 0 aliphatic carbocycles. The quantitative estimate of drug-likeness (QED) is 0.328. The molecular weight excluding hydrogens is 428 g/mol. The zero-order valence-electron chi connectivity index (χ0n) is 17.3. The Morgan fingerprint density at radius 1 is 0.606 bits per heavy atom. The Kier molecular flexibility index (Phi) is 3.91. The first kappa shape index (κ1) is 18.2. The molecule has 2 N–H and O–H groups in total. The molecule has 0 saturated heterocycles. The number of aromatic nitrogens is 6. The number of nitrogens with one attached hydrogen (secondary N) is 2. The van der Waals surface area contributed by atoms with Crippen molar-refractivity contribution in [3.05, 3.63) is 85.5 Å². The molecule has 7 heteroatoms. The van der Waals surface area contributed by atoms with Gasteiger partial charge < -0.3 is 9.97 Å². The third kappa shape index (κ3) is 3.09. The number of imidazole rings is 2. The molecular formula is C26H16N6S. The highest BCUT2D eigenvalue weighted by molar-refractivity contribution is 7.22. The molecule has 0 saturated carbocycles. The van der Waals surface area contributed by atoms with Gasteiger partial charge in [-0.15, -0.1) is 11.3 Å². The van der Waals surface area contributed by atoms with Crippen LogP contribution in [0.1, 0.15) is 0 Å². The van der Waals surface area contributed by atoms with Gasteiger partial charge in [0.15, 0.2) is 0 Å². The molecule has 0 atom stereocenters. The number of pyridine rings is 2. The van der Waals surface area contributed by atoms with Gasteiger partial charge in [0.05, 0.1) is 31.6 Å². The minimum Gasteiger partial charge on any atom is -0.338 e. The number of hydrogen-bond acceptors (Lipinski definition) is 5. The number of thiophene rings is 1. The van der Waals surface area contributed by atoms with Gasteiger partial charge in [-0.1, -0.05) is 12.1 Å². The summed E-state index contributed by atoms with van der Waals surface area (Å²) in [5.74, 6) is 1.73. The average molecular weight is 445 g/mol. The number of nitrogens with zero attached hydrogens (tertiary/aromatic N) is 4. The topological polar surface area (TPSA) is 83.1 Å². The minimum absolute atomic E-state index is 0.844. The lowest BCUT2D eigenvalue weighted by atomic mass is 10.0. The van der Waals surface area contributed by atoms with Crippen LogP contribution in [0.3, 0.4) is 0 Å². The number of aromatic amines is 2. The zero-order valence-corrected chi connectivity index (χ0v) is 18.1. The Morgan fingerprint density at radius 3 is 2.00 bits per heavy atom. The highest BCUT2D eigenvalue weighted by Crippen LogP contribution is 2.33. The van der Waals surface area contributed by atoms with Crippen LogP contribution >= 0.6 is 11.3 Å². The summed E-state index contributed by atoms with van der Waals surface area (Å²) >= 11 is 1.70. The van der Waals surface area contributed by atoms with Crippen LogP contribution in [-0.2, 0) is 0 Å². The van der Waals surface area contributed by atoms with Crippen molar-refractivity contribution in [2.75, 3.05) is 0 Å². The normalized spacial score (nSPS) is 11.6. The van der Waals surface area contributed by atoms with E-state index in [1.54, 1.807) is 23.7 Å². The average Bonchev–Trinajstić information content (AvgIpc) is 3.59. The summed E-state index contributed by atoms with van der Waals surface area (Å²) in [4.78, 5) is 25.9. The first-order valence-corrected chi connectivity index (χ1v) is 11.4. The molecule has 0 amide bonds. The highest BCUT2D eigenvalue weighted by atomic mass is 32.1. The number of rotatable bonds is 3. The van der Waals surface area contributed by atoms with Crippen molar-refractivity contribution in [1.82, 2.24) is 29.9 Å². The summed E-state index contributed by atoms with van der Waals surface area (Å²) < 4.78 is 1.16. The maximum Gasteiger partial charge on any atom is 0.148 e. The SMILES string of the molecule is c1cc(-c2nc3ccc(-c4ccc5nc(-c6cc7ccncc7s6)[nH]c5c4)cc3[nH]2)ccn1. The summed E-state index contributed by atoms with van der Waals surface area (Å²) in [7, 11) is 0. The van der Waals surface area contributed by atoms with Crippen molar-refractivity contribution in [2.45, 2.75) is 0 Å². The molecule has 0 spiro atoms. The molecule has 0 aliphatic heterocycles. The first-order chi connectivity index (χ1) is 16.3. The summed E-state index contributed by atoms with van der Waals surface area (Å²) in [5.41, 5.74) is 7.18. The Bertz CT molecular complexity index is 1740. The van der Waals surface area contributed by atoms with Gasteiger partial charge in [-0.2, -0.15) is 0 Å². The lowest BCUT2D eigenvalue weighted by Gasteiger charge is -2.01. The first-order valence-electron chi connectivity index (χ1n) is 10.5. The van der Waals surface area contributed by atoms with Crippen molar-refractivity contribution in [3.8, 4) is 33.2 Å². The van der Waals surface area contributed by atoms with Crippen LogP contribution in [0.15, 0.2) is 85.5 Å². The van der Waals surface area contributed by atoms with Gasteiger partial charge >= 0.3 is 0 Å². The van der Waals surface area contributed by atoms with Crippen molar-refractivity contribution < 1.29 is 0 Å². The third-order valence-electron chi connectivity index (χ3n) is 5.81. The van der Waals surface area contributed by atoms with Crippen molar-refractivity contribution in [3.63, 3.8) is 0 Å². The Labute approximate surface area is 192 Å². The predicted molar refractivity (Wildman–Crippen MR) is 133 cm³/mol. The van der Waals surface area contributed by atoms with E-state index in [1.165, 1.54) is 5.39 Å². The number of H-pyrrole nitrogens is 2. The molecule has 6 nitrogen and oxygen atoms in total. The van der Waals surface area contributed by atoms with E-state index in [0.29, 0.717) is 0 Å². The minimum atomic E-state index is 0.844. The number of benzene rings is 2. The Morgan fingerprint density at radius 2 is 1.27 bits per heavy atom. The molecule has 156 valence electrons. The van der Waals surface area contributed by atoms with Crippen molar-refractivity contribution in [1.29, 1.82) is 0 Å². The van der Waals surface area contributed by atoms with E-state index >= 15 is 0 Å². The van der Waals surface area contributed by atoms with E-state index in [0.717, 1.165) is 60.0 Å². The van der Waals surface area contributed by atoms with E-state index in [2.05, 4.69) is 62.4 Å². The van der Waals surface area contributed by atoms with Crippen molar-refractivity contribution >= 4 is 43.5 Å². The Hall–Kier alpha value is -4.36. The molecule has 7 rings (SSSR count). The molecule has 0 radical (unpaired) electrons. The maximum absolute atomic E-state index is 4.81. The molecule has 2 aromatic carbocycles. The summed E-state index contributed by atoms with van der Waals surface area (Å²) in [6, 6.07) is 20.7. The highest BCUT2D eigenvalue weighted by Gasteiger charge is 2.11. The second-order valence-electron chi connectivity index (χ2n) is 7.89. The van der Waals surface area contributed by atoms with E-state index in [-0.39, 0.29) is 0 Å². The van der Waals surface area contributed by atoms with Gasteiger partial charge in [0.2, 0.25) is 0 Å². The monoisotopic (exact) mass is 444 g/mol. The van der Waals surface area contributed by atoms with Crippen LogP contribution in [0.5, 0.6) is 0 Å². The lowest BCUT2D eigenvalue weighted by molar-refractivity contribution is 1.28. The van der Waals surface area contributed by atoms with Gasteiger partial charge in [0, 0.05) is 30.4 Å². The fraction of sp³-hybridized carbons (Fsp3) is 0. The summed E-state index contributed by atoms with van der Waals surface area (Å²) in [6.07, 6.45) is 7.27. The molecule has 7 aromatic rings. The van der Waals surface area contributed by atoms with Gasteiger partial charge in [-0.05, 0) is 65.0 Å². The molecule has 0 fully saturated rings. The van der Waals surface area contributed by atoms with Gasteiger partial charge in [0.25, 0.3) is 0 Å². The van der Waals surface area contributed by atoms with Gasteiger partial charge in [-0.25, -0.2) is 9.97 Å². The predicted octanol–water partition coefficient (Wildman–Crippen LogP) is 6.44. The van der Waals surface area contributed by atoms with Crippen LogP contribution < -0.4 is 0 Å². The third-order valence-corrected chi connectivity index (χ3v) is 6.90. The largest absolute Gasteiger partial charge is 0.338 e. The molecule has 33 heavy (non-hydrogen) atoms. The second kappa shape index (κ2) is 7.08. The number of fused-ring (bicyclic) bond motifs is 3. The maximum atomic E-state index is 4.81.